The number of nitrogens with one attached hydrogen (secondary N) is 1. The van der Waals surface area contributed by atoms with E-state index < -0.39 is 23.8 Å². The molecule has 0 radical (unpaired) electrons. The van der Waals surface area contributed by atoms with Gasteiger partial charge in [-0.25, -0.2) is 9.67 Å². The SMILES string of the molecule is CC(C)n1ncc2c(C(=O)NCC(O)c3cccc(C(F)(F)F)c3)cc(-c3ccco3)nc21. The van der Waals surface area contributed by atoms with Crippen LogP contribution in [0.25, 0.3) is 22.5 Å². The quantitative estimate of drug-likeness (QED) is 0.435. The van der Waals surface area contributed by atoms with Crippen molar-refractivity contribution < 1.29 is 27.5 Å². The van der Waals surface area contributed by atoms with Gasteiger partial charge in [0.25, 0.3) is 5.91 Å². The maximum atomic E-state index is 13.0. The molecule has 1 amide bonds. The van der Waals surface area contributed by atoms with E-state index in [4.69, 9.17) is 4.42 Å². The van der Waals surface area contributed by atoms with Crippen molar-refractivity contribution in [1.29, 1.82) is 0 Å². The van der Waals surface area contributed by atoms with Crippen LogP contribution in [0, 0.1) is 0 Å². The van der Waals surface area contributed by atoms with Crippen LogP contribution >= 0.6 is 0 Å². The number of fused-ring (bicyclic) bond motifs is 1. The molecule has 1 aromatic carbocycles. The number of hydrogen-bond acceptors (Lipinski definition) is 5. The van der Waals surface area contributed by atoms with Crippen LogP contribution in [0.15, 0.2) is 59.3 Å². The Morgan fingerprint density at radius 3 is 2.67 bits per heavy atom. The maximum absolute atomic E-state index is 13.0. The highest BCUT2D eigenvalue weighted by Gasteiger charge is 2.31. The average molecular weight is 458 g/mol. The number of aromatic nitrogens is 3. The van der Waals surface area contributed by atoms with Crippen molar-refractivity contribution in [2.45, 2.75) is 32.2 Å². The number of carbonyl (C=O) groups is 1. The summed E-state index contributed by atoms with van der Waals surface area (Å²) in [5, 5.41) is 17.8. The van der Waals surface area contributed by atoms with E-state index in [0.717, 1.165) is 12.1 Å². The Morgan fingerprint density at radius 2 is 2.00 bits per heavy atom. The average Bonchev–Trinajstić information content (AvgIpc) is 3.46. The summed E-state index contributed by atoms with van der Waals surface area (Å²) in [7, 11) is 0. The molecule has 0 aliphatic rings. The third kappa shape index (κ3) is 4.61. The molecule has 0 bridgehead atoms. The smallest absolute Gasteiger partial charge is 0.416 e. The molecular weight excluding hydrogens is 437 g/mol. The molecule has 4 aromatic rings. The fourth-order valence-corrected chi connectivity index (χ4v) is 3.46. The summed E-state index contributed by atoms with van der Waals surface area (Å²) < 4.78 is 46.0. The number of pyridine rings is 1. The number of rotatable bonds is 6. The van der Waals surface area contributed by atoms with Gasteiger partial charge in [0.05, 0.1) is 35.1 Å². The molecule has 172 valence electrons. The molecule has 7 nitrogen and oxygen atoms in total. The second-order valence-electron chi connectivity index (χ2n) is 7.80. The highest BCUT2D eigenvalue weighted by molar-refractivity contribution is 6.06. The molecular formula is C23H21F3N4O3. The van der Waals surface area contributed by atoms with E-state index in [2.05, 4.69) is 15.4 Å². The summed E-state index contributed by atoms with van der Waals surface area (Å²) in [6.07, 6.45) is -2.82. The minimum atomic E-state index is -4.53. The number of alkyl halides is 3. The van der Waals surface area contributed by atoms with E-state index >= 15 is 0 Å². The van der Waals surface area contributed by atoms with Gasteiger partial charge in [-0.2, -0.15) is 18.3 Å². The summed E-state index contributed by atoms with van der Waals surface area (Å²) in [5.41, 5.74) is 0.356. The van der Waals surface area contributed by atoms with Gasteiger partial charge in [-0.3, -0.25) is 4.79 Å². The molecule has 4 rings (SSSR count). The van der Waals surface area contributed by atoms with Gasteiger partial charge in [-0.1, -0.05) is 12.1 Å². The lowest BCUT2D eigenvalue weighted by molar-refractivity contribution is -0.137. The molecule has 0 saturated heterocycles. The number of nitrogens with zero attached hydrogens (tertiary/aromatic N) is 3. The van der Waals surface area contributed by atoms with Gasteiger partial charge < -0.3 is 14.8 Å². The Balaban J connectivity index is 1.62. The Kier molecular flexibility index (Phi) is 5.94. The Labute approximate surface area is 186 Å². The summed E-state index contributed by atoms with van der Waals surface area (Å²) in [5.74, 6) is -0.0593. The predicted octanol–water partition coefficient (Wildman–Crippen LogP) is 4.75. The number of furan rings is 1. The second-order valence-corrected chi connectivity index (χ2v) is 7.80. The van der Waals surface area contributed by atoms with Gasteiger partial charge in [0.1, 0.15) is 5.69 Å². The lowest BCUT2D eigenvalue weighted by Crippen LogP contribution is -2.28. The summed E-state index contributed by atoms with van der Waals surface area (Å²) in [6, 6.07) is 9.33. The second kappa shape index (κ2) is 8.70. The molecule has 0 aliphatic carbocycles. The van der Waals surface area contributed by atoms with Crippen molar-refractivity contribution in [1.82, 2.24) is 20.1 Å². The molecule has 10 heteroatoms. The Bertz CT molecular complexity index is 1280. The zero-order valence-corrected chi connectivity index (χ0v) is 17.8. The monoisotopic (exact) mass is 458 g/mol. The van der Waals surface area contributed by atoms with E-state index in [1.807, 2.05) is 13.8 Å². The van der Waals surface area contributed by atoms with Crippen molar-refractivity contribution in [3.8, 4) is 11.5 Å². The number of amides is 1. The van der Waals surface area contributed by atoms with Gasteiger partial charge in [0, 0.05) is 12.6 Å². The minimum Gasteiger partial charge on any atom is -0.463 e. The summed E-state index contributed by atoms with van der Waals surface area (Å²) in [6.45, 7) is 3.58. The van der Waals surface area contributed by atoms with Crippen molar-refractivity contribution in [2.24, 2.45) is 0 Å². The van der Waals surface area contributed by atoms with Gasteiger partial charge in [-0.15, -0.1) is 0 Å². The molecule has 0 saturated carbocycles. The first-order valence-corrected chi connectivity index (χ1v) is 10.2. The van der Waals surface area contributed by atoms with Crippen LogP contribution in [0.1, 0.15) is 47.5 Å². The zero-order valence-electron chi connectivity index (χ0n) is 17.8. The zero-order chi connectivity index (χ0) is 23.8. The summed E-state index contributed by atoms with van der Waals surface area (Å²) >= 11 is 0. The van der Waals surface area contributed by atoms with E-state index in [-0.39, 0.29) is 23.7 Å². The molecule has 3 heterocycles. The molecule has 3 aromatic heterocycles. The molecule has 1 unspecified atom stereocenters. The summed E-state index contributed by atoms with van der Waals surface area (Å²) in [4.78, 5) is 17.6. The fraction of sp³-hybridized carbons (Fsp3) is 0.261. The molecule has 0 spiro atoms. The van der Waals surface area contributed by atoms with Gasteiger partial charge in [0.2, 0.25) is 0 Å². The van der Waals surface area contributed by atoms with Crippen molar-refractivity contribution in [2.75, 3.05) is 6.54 Å². The first kappa shape index (κ1) is 22.5. The number of halogens is 3. The number of hydrogen-bond donors (Lipinski definition) is 2. The number of benzene rings is 1. The third-order valence-corrected chi connectivity index (χ3v) is 5.13. The van der Waals surface area contributed by atoms with Crippen LogP contribution < -0.4 is 5.32 Å². The Morgan fingerprint density at radius 1 is 1.21 bits per heavy atom. The first-order chi connectivity index (χ1) is 15.6. The van der Waals surface area contributed by atoms with Gasteiger partial charge >= 0.3 is 6.18 Å². The van der Waals surface area contributed by atoms with E-state index in [1.165, 1.54) is 24.6 Å². The number of aliphatic hydroxyl groups excluding tert-OH is 1. The molecule has 0 fully saturated rings. The molecule has 0 aliphatic heterocycles. The Hall–Kier alpha value is -3.66. The van der Waals surface area contributed by atoms with Gasteiger partial charge in [-0.05, 0) is 49.7 Å². The van der Waals surface area contributed by atoms with Gasteiger partial charge in [0.15, 0.2) is 11.4 Å². The fourth-order valence-electron chi connectivity index (χ4n) is 3.46. The maximum Gasteiger partial charge on any atom is 0.416 e. The van der Waals surface area contributed by atoms with Crippen LogP contribution in [-0.4, -0.2) is 32.3 Å². The highest BCUT2D eigenvalue weighted by atomic mass is 19.4. The van der Waals surface area contributed by atoms with Crippen LogP contribution in [0.5, 0.6) is 0 Å². The van der Waals surface area contributed by atoms with E-state index in [0.29, 0.717) is 22.5 Å². The molecule has 33 heavy (non-hydrogen) atoms. The van der Waals surface area contributed by atoms with E-state index in [1.54, 1.807) is 22.9 Å². The van der Waals surface area contributed by atoms with E-state index in [9.17, 15) is 23.1 Å². The predicted molar refractivity (Wildman–Crippen MR) is 114 cm³/mol. The molecule has 2 N–H and O–H groups in total. The minimum absolute atomic E-state index is 0.0134. The standard InChI is InChI=1S/C23H21F3N4O3/c1-13(2)30-21-17(11-28-30)16(10-18(29-21)20-7-4-8-33-20)22(32)27-12-19(31)14-5-3-6-15(9-14)23(24,25)26/h3-11,13,19,31H,12H2,1-2H3,(H,27,32). The van der Waals surface area contributed by atoms with Crippen LogP contribution in [-0.2, 0) is 6.18 Å². The van der Waals surface area contributed by atoms with Crippen molar-refractivity contribution in [3.05, 3.63) is 71.6 Å². The lowest BCUT2D eigenvalue weighted by atomic mass is 10.1. The molecule has 1 atom stereocenters. The number of aliphatic hydroxyl groups is 1. The third-order valence-electron chi connectivity index (χ3n) is 5.13. The van der Waals surface area contributed by atoms with Crippen molar-refractivity contribution in [3.63, 3.8) is 0 Å². The topological polar surface area (TPSA) is 93.2 Å². The largest absolute Gasteiger partial charge is 0.463 e. The lowest BCUT2D eigenvalue weighted by Gasteiger charge is -2.15. The number of carbonyl (C=O) groups excluding carboxylic acids is 1. The highest BCUT2D eigenvalue weighted by Crippen LogP contribution is 2.31. The van der Waals surface area contributed by atoms with Crippen LogP contribution in [0.2, 0.25) is 0 Å². The normalized spacial score (nSPS) is 12.9. The van der Waals surface area contributed by atoms with Crippen LogP contribution in [0.3, 0.4) is 0 Å². The van der Waals surface area contributed by atoms with Crippen molar-refractivity contribution >= 4 is 16.9 Å². The van der Waals surface area contributed by atoms with Crippen LogP contribution in [0.4, 0.5) is 13.2 Å². The first-order valence-electron chi connectivity index (χ1n) is 10.2.